The molecule has 0 fully saturated rings. The Morgan fingerprint density at radius 1 is 1.19 bits per heavy atom. The Hall–Kier alpha value is -1.60. The largest absolute Gasteiger partial charge is 0.455 e. The summed E-state index contributed by atoms with van der Waals surface area (Å²) in [6, 6.07) is 3.43. The average molecular weight is 295 g/mol. The summed E-state index contributed by atoms with van der Waals surface area (Å²) in [6.45, 7) is 11.5. The van der Waals surface area contributed by atoms with Gasteiger partial charge in [0.15, 0.2) is 12.0 Å². The maximum absolute atomic E-state index is 9.77. The maximum Gasteiger partial charge on any atom is 0.235 e. The molecule has 1 rings (SSSR count). The number of aliphatic hydroxyl groups excluding tert-OH is 1. The van der Waals surface area contributed by atoms with E-state index < -0.39 is 12.3 Å². The standard InChI is InChI=1S/C14H25N5O2/c1-9(2)16-17-11-7-8-12(19-18-11)21-13(10(3)20)15-14(4,5)6/h7-10,13,15,20H,1-6H3. The molecule has 0 spiro atoms. The average Bonchev–Trinajstić information content (AvgIpc) is 2.35. The molecule has 2 atom stereocenters. The van der Waals surface area contributed by atoms with Crippen LogP contribution in [0.25, 0.3) is 0 Å². The molecule has 1 aromatic rings. The highest BCUT2D eigenvalue weighted by atomic mass is 16.5. The summed E-state index contributed by atoms with van der Waals surface area (Å²) in [5, 5.41) is 28.7. The Kier molecular flexibility index (Phi) is 6.17. The summed E-state index contributed by atoms with van der Waals surface area (Å²) < 4.78 is 5.63. The molecule has 21 heavy (non-hydrogen) atoms. The van der Waals surface area contributed by atoms with Crippen LogP contribution in [-0.2, 0) is 0 Å². The number of hydrogen-bond donors (Lipinski definition) is 2. The van der Waals surface area contributed by atoms with Gasteiger partial charge in [0.2, 0.25) is 5.88 Å². The van der Waals surface area contributed by atoms with Crippen molar-refractivity contribution in [2.45, 2.75) is 65.5 Å². The van der Waals surface area contributed by atoms with Gasteiger partial charge in [-0.05, 0) is 47.6 Å². The van der Waals surface area contributed by atoms with Gasteiger partial charge in [0.1, 0.15) is 6.10 Å². The van der Waals surface area contributed by atoms with Gasteiger partial charge in [-0.3, -0.25) is 5.32 Å². The van der Waals surface area contributed by atoms with E-state index >= 15 is 0 Å². The molecule has 0 aliphatic heterocycles. The van der Waals surface area contributed by atoms with Crippen molar-refractivity contribution in [3.05, 3.63) is 12.1 Å². The topological polar surface area (TPSA) is 92.0 Å². The number of ether oxygens (including phenoxy) is 1. The van der Waals surface area contributed by atoms with Gasteiger partial charge in [-0.25, -0.2) is 0 Å². The number of rotatable bonds is 6. The number of nitrogens with zero attached hydrogens (tertiary/aromatic N) is 4. The molecule has 2 N–H and O–H groups in total. The molecule has 118 valence electrons. The molecule has 7 nitrogen and oxygen atoms in total. The van der Waals surface area contributed by atoms with Crippen LogP contribution < -0.4 is 10.1 Å². The van der Waals surface area contributed by atoms with Crippen LogP contribution in [0.2, 0.25) is 0 Å². The third-order valence-corrected chi connectivity index (χ3v) is 2.28. The molecule has 0 aliphatic carbocycles. The van der Waals surface area contributed by atoms with Gasteiger partial charge in [-0.1, -0.05) is 0 Å². The molecule has 0 saturated heterocycles. The fourth-order valence-electron chi connectivity index (χ4n) is 1.41. The highest BCUT2D eigenvalue weighted by Crippen LogP contribution is 2.15. The predicted octanol–water partition coefficient (Wildman–Crippen LogP) is 2.44. The van der Waals surface area contributed by atoms with Crippen LogP contribution in [0.4, 0.5) is 5.82 Å². The monoisotopic (exact) mass is 295 g/mol. The van der Waals surface area contributed by atoms with Crippen LogP contribution in [0.15, 0.2) is 22.4 Å². The van der Waals surface area contributed by atoms with E-state index in [4.69, 9.17) is 4.74 Å². The van der Waals surface area contributed by atoms with Crippen molar-refractivity contribution in [3.8, 4) is 5.88 Å². The van der Waals surface area contributed by atoms with Crippen molar-refractivity contribution in [1.29, 1.82) is 0 Å². The SMILES string of the molecule is CC(C)N=Nc1ccc(OC(NC(C)(C)C)C(C)O)nn1. The zero-order valence-electron chi connectivity index (χ0n) is 13.5. The highest BCUT2D eigenvalue weighted by Gasteiger charge is 2.23. The summed E-state index contributed by atoms with van der Waals surface area (Å²) in [4.78, 5) is 0. The molecule has 0 bridgehead atoms. The summed E-state index contributed by atoms with van der Waals surface area (Å²) >= 11 is 0. The third kappa shape index (κ3) is 7.10. The Morgan fingerprint density at radius 2 is 1.86 bits per heavy atom. The first-order valence-electron chi connectivity index (χ1n) is 7.04. The van der Waals surface area contributed by atoms with E-state index in [1.54, 1.807) is 19.1 Å². The lowest BCUT2D eigenvalue weighted by Crippen LogP contribution is -2.51. The first-order chi connectivity index (χ1) is 9.67. The van der Waals surface area contributed by atoms with Gasteiger partial charge in [-0.2, -0.15) is 5.11 Å². The van der Waals surface area contributed by atoms with E-state index in [-0.39, 0.29) is 11.6 Å². The molecule has 0 amide bonds. The fourth-order valence-corrected chi connectivity index (χ4v) is 1.41. The molecule has 0 aliphatic rings. The number of hydrogen-bond acceptors (Lipinski definition) is 7. The zero-order valence-corrected chi connectivity index (χ0v) is 13.5. The van der Waals surface area contributed by atoms with Crippen LogP contribution >= 0.6 is 0 Å². The van der Waals surface area contributed by atoms with Crippen LogP contribution in [0, 0.1) is 0 Å². The Morgan fingerprint density at radius 3 is 2.29 bits per heavy atom. The molecule has 0 radical (unpaired) electrons. The predicted molar refractivity (Wildman–Crippen MR) is 80.7 cm³/mol. The summed E-state index contributed by atoms with van der Waals surface area (Å²) in [6.07, 6.45) is -1.26. The molecule has 2 unspecified atom stereocenters. The minimum absolute atomic E-state index is 0.110. The van der Waals surface area contributed by atoms with E-state index in [0.29, 0.717) is 11.7 Å². The Bertz CT molecular complexity index is 451. The van der Waals surface area contributed by atoms with Crippen LogP contribution in [-0.4, -0.2) is 39.2 Å². The highest BCUT2D eigenvalue weighted by molar-refractivity contribution is 5.26. The maximum atomic E-state index is 9.77. The fraction of sp³-hybridized carbons (Fsp3) is 0.714. The van der Waals surface area contributed by atoms with Crippen molar-refractivity contribution < 1.29 is 9.84 Å². The van der Waals surface area contributed by atoms with E-state index in [2.05, 4.69) is 25.7 Å². The minimum atomic E-state index is -0.689. The van der Waals surface area contributed by atoms with E-state index in [1.807, 2.05) is 34.6 Å². The van der Waals surface area contributed by atoms with E-state index in [9.17, 15) is 5.11 Å². The van der Waals surface area contributed by atoms with Crippen molar-refractivity contribution in [2.75, 3.05) is 0 Å². The number of aliphatic hydroxyl groups is 1. The molecule has 1 heterocycles. The van der Waals surface area contributed by atoms with Crippen molar-refractivity contribution in [3.63, 3.8) is 0 Å². The second-order valence-corrected chi connectivity index (χ2v) is 6.21. The smallest absolute Gasteiger partial charge is 0.235 e. The van der Waals surface area contributed by atoms with E-state index in [1.165, 1.54) is 0 Å². The van der Waals surface area contributed by atoms with Gasteiger partial charge in [0.05, 0.1) is 6.04 Å². The molecule has 7 heteroatoms. The minimum Gasteiger partial charge on any atom is -0.455 e. The lowest BCUT2D eigenvalue weighted by molar-refractivity contribution is 0.00807. The van der Waals surface area contributed by atoms with Gasteiger partial charge in [0.25, 0.3) is 0 Å². The Balaban J connectivity index is 2.72. The van der Waals surface area contributed by atoms with Crippen molar-refractivity contribution >= 4 is 5.82 Å². The lowest BCUT2D eigenvalue weighted by atomic mass is 10.1. The number of nitrogens with one attached hydrogen (secondary N) is 1. The second-order valence-electron chi connectivity index (χ2n) is 6.21. The molecular weight excluding hydrogens is 270 g/mol. The third-order valence-electron chi connectivity index (χ3n) is 2.28. The van der Waals surface area contributed by atoms with Gasteiger partial charge >= 0.3 is 0 Å². The second kappa shape index (κ2) is 7.42. The number of aromatic nitrogens is 2. The van der Waals surface area contributed by atoms with Crippen LogP contribution in [0.1, 0.15) is 41.5 Å². The first-order valence-corrected chi connectivity index (χ1v) is 7.04. The zero-order chi connectivity index (χ0) is 16.0. The molecule has 0 aromatic carbocycles. The van der Waals surface area contributed by atoms with Gasteiger partial charge < -0.3 is 9.84 Å². The molecule has 0 saturated carbocycles. The molecular formula is C14H25N5O2. The summed E-state index contributed by atoms with van der Waals surface area (Å²) in [5.41, 5.74) is -0.194. The molecule has 1 aromatic heterocycles. The normalized spacial score (nSPS) is 15.4. The number of azo groups is 1. The first kappa shape index (κ1) is 17.5. The quantitative estimate of drug-likeness (QED) is 0.621. The van der Waals surface area contributed by atoms with Crippen molar-refractivity contribution in [2.24, 2.45) is 10.2 Å². The van der Waals surface area contributed by atoms with Gasteiger partial charge in [-0.15, -0.1) is 15.3 Å². The van der Waals surface area contributed by atoms with Crippen LogP contribution in [0.5, 0.6) is 5.88 Å². The van der Waals surface area contributed by atoms with E-state index in [0.717, 1.165) is 0 Å². The lowest BCUT2D eigenvalue weighted by Gasteiger charge is -2.30. The van der Waals surface area contributed by atoms with Crippen molar-refractivity contribution in [1.82, 2.24) is 15.5 Å². The summed E-state index contributed by atoms with van der Waals surface area (Å²) in [5.74, 6) is 0.745. The summed E-state index contributed by atoms with van der Waals surface area (Å²) in [7, 11) is 0. The Labute approximate surface area is 125 Å². The van der Waals surface area contributed by atoms with Gasteiger partial charge in [0, 0.05) is 11.6 Å². The van der Waals surface area contributed by atoms with Crippen LogP contribution in [0.3, 0.4) is 0 Å².